The number of hydrogen-bond donors (Lipinski definition) is 0. The fourth-order valence-corrected chi connectivity index (χ4v) is 4.25. The van der Waals surface area contributed by atoms with Gasteiger partial charge in [0, 0.05) is 5.92 Å². The zero-order valence-corrected chi connectivity index (χ0v) is 20.7. The molecule has 0 aliphatic rings. The lowest BCUT2D eigenvalue weighted by molar-refractivity contribution is -0.112. The van der Waals surface area contributed by atoms with E-state index >= 15 is 0 Å². The van der Waals surface area contributed by atoms with Gasteiger partial charge in [0.2, 0.25) is 0 Å². The zero-order chi connectivity index (χ0) is 22.2. The molecule has 0 N–H and O–H groups in total. The number of aldehydes is 1. The summed E-state index contributed by atoms with van der Waals surface area (Å²) in [5, 5.41) is 0.0984. The van der Waals surface area contributed by atoms with E-state index in [9.17, 15) is 4.79 Å². The van der Waals surface area contributed by atoms with Crippen molar-refractivity contribution in [1.82, 2.24) is 0 Å². The summed E-state index contributed by atoms with van der Waals surface area (Å²) in [5.74, 6) is 0.906. The Morgan fingerprint density at radius 1 is 1.14 bits per heavy atom. The molecule has 0 spiro atoms. The van der Waals surface area contributed by atoms with Gasteiger partial charge in [-0.1, -0.05) is 52.8 Å². The number of carbonyl (C=O) groups excluding carboxylic acids is 1. The van der Waals surface area contributed by atoms with E-state index in [1.807, 2.05) is 31.2 Å². The molecule has 0 aliphatic carbocycles. The van der Waals surface area contributed by atoms with Gasteiger partial charge < -0.3 is 18.7 Å². The highest BCUT2D eigenvalue weighted by Crippen LogP contribution is 2.39. The van der Waals surface area contributed by atoms with Gasteiger partial charge in [-0.15, -0.1) is 0 Å². The van der Waals surface area contributed by atoms with Crippen LogP contribution in [0.3, 0.4) is 0 Å². The van der Waals surface area contributed by atoms with Crippen molar-refractivity contribution >= 4 is 14.6 Å². The van der Waals surface area contributed by atoms with Gasteiger partial charge in [-0.2, -0.15) is 0 Å². The first-order valence-electron chi connectivity index (χ1n) is 10.4. The number of rotatable bonds is 11. The molecule has 0 heterocycles. The molecule has 0 saturated carbocycles. The molecule has 0 aliphatic heterocycles. The first-order valence-corrected chi connectivity index (χ1v) is 13.3. The number of carbonyl (C=O) groups is 1. The lowest BCUT2D eigenvalue weighted by Gasteiger charge is -2.40. The van der Waals surface area contributed by atoms with Crippen LogP contribution in [-0.2, 0) is 20.6 Å². The highest BCUT2D eigenvalue weighted by Gasteiger charge is 2.40. The van der Waals surface area contributed by atoms with Crippen molar-refractivity contribution in [2.75, 3.05) is 13.7 Å². The van der Waals surface area contributed by atoms with Crippen LogP contribution >= 0.6 is 0 Å². The highest BCUT2D eigenvalue weighted by atomic mass is 28.4. The van der Waals surface area contributed by atoms with Crippen molar-refractivity contribution in [1.29, 1.82) is 0 Å². The molecule has 0 bridgehead atoms. The van der Waals surface area contributed by atoms with Crippen molar-refractivity contribution in [3.8, 4) is 5.75 Å². The van der Waals surface area contributed by atoms with E-state index < -0.39 is 8.32 Å². The minimum atomic E-state index is -1.98. The third-order valence-corrected chi connectivity index (χ3v) is 10.2. The van der Waals surface area contributed by atoms with Gasteiger partial charge in [-0.25, -0.2) is 0 Å². The van der Waals surface area contributed by atoms with Crippen LogP contribution in [0.15, 0.2) is 35.9 Å². The second-order valence-electron chi connectivity index (χ2n) is 9.55. The van der Waals surface area contributed by atoms with Crippen molar-refractivity contribution in [3.63, 3.8) is 0 Å². The van der Waals surface area contributed by atoms with Crippen LogP contribution in [0.25, 0.3) is 0 Å². The molecule has 1 aromatic carbocycles. The Kier molecular flexibility index (Phi) is 9.79. The summed E-state index contributed by atoms with van der Waals surface area (Å²) in [6.45, 7) is 18.4. The van der Waals surface area contributed by atoms with Crippen LogP contribution in [0.2, 0.25) is 18.1 Å². The van der Waals surface area contributed by atoms with Gasteiger partial charge >= 0.3 is 0 Å². The first-order chi connectivity index (χ1) is 13.4. The molecule has 29 heavy (non-hydrogen) atoms. The maximum Gasteiger partial charge on any atom is 0.192 e. The van der Waals surface area contributed by atoms with E-state index in [4.69, 9.17) is 13.9 Å². The summed E-state index contributed by atoms with van der Waals surface area (Å²) in [5.41, 5.74) is 2.22. The van der Waals surface area contributed by atoms with Gasteiger partial charge in [-0.3, -0.25) is 0 Å². The maximum absolute atomic E-state index is 11.5. The molecule has 0 aromatic heterocycles. The third kappa shape index (κ3) is 8.07. The van der Waals surface area contributed by atoms with Gasteiger partial charge in [0.25, 0.3) is 0 Å². The Morgan fingerprint density at radius 2 is 1.72 bits per heavy atom. The van der Waals surface area contributed by atoms with Crippen molar-refractivity contribution < 1.29 is 18.7 Å². The Morgan fingerprint density at radius 3 is 2.21 bits per heavy atom. The van der Waals surface area contributed by atoms with E-state index in [0.29, 0.717) is 13.2 Å². The first kappa shape index (κ1) is 25.6. The molecular weight excluding hydrogens is 380 g/mol. The second-order valence-corrected chi connectivity index (χ2v) is 14.3. The summed E-state index contributed by atoms with van der Waals surface area (Å²) in [4.78, 5) is 11.5. The van der Waals surface area contributed by atoms with E-state index in [-0.39, 0.29) is 23.0 Å². The highest BCUT2D eigenvalue weighted by molar-refractivity contribution is 6.74. The van der Waals surface area contributed by atoms with Crippen LogP contribution < -0.4 is 4.74 Å². The van der Waals surface area contributed by atoms with E-state index in [0.717, 1.165) is 23.2 Å². The minimum Gasteiger partial charge on any atom is -0.497 e. The van der Waals surface area contributed by atoms with Crippen LogP contribution in [0.1, 0.15) is 47.1 Å². The fourth-order valence-electron chi connectivity index (χ4n) is 2.86. The largest absolute Gasteiger partial charge is 0.497 e. The summed E-state index contributed by atoms with van der Waals surface area (Å²) in [7, 11) is -0.317. The normalized spacial score (nSPS) is 16.2. The average Bonchev–Trinajstić information content (AvgIpc) is 2.65. The molecule has 0 fully saturated rings. The standard InChI is InChI=1S/C24H40O4Si/c1-18(16-27-17-21-10-12-22(26-7)13-11-21)14-19(2)23(20(3)15-25)28-29(8,9)24(4,5)6/h10-15,18,20,23H,16-17H2,1-9H3/b19-14+/t18-,20-,23-/m0/s1. The van der Waals surface area contributed by atoms with Crippen LogP contribution in [0.4, 0.5) is 0 Å². The Balaban J connectivity index is 2.73. The molecule has 0 amide bonds. The van der Waals surface area contributed by atoms with E-state index in [1.165, 1.54) is 0 Å². The lowest BCUT2D eigenvalue weighted by atomic mass is 9.97. The van der Waals surface area contributed by atoms with E-state index in [1.54, 1.807) is 7.11 Å². The van der Waals surface area contributed by atoms with Crippen LogP contribution in [-0.4, -0.2) is 34.4 Å². The predicted molar refractivity (Wildman–Crippen MR) is 123 cm³/mol. The number of ether oxygens (including phenoxy) is 2. The van der Waals surface area contributed by atoms with Gasteiger partial charge in [0.15, 0.2) is 8.32 Å². The van der Waals surface area contributed by atoms with Crippen LogP contribution in [0, 0.1) is 11.8 Å². The van der Waals surface area contributed by atoms with E-state index in [2.05, 4.69) is 53.8 Å². The molecule has 5 heteroatoms. The smallest absolute Gasteiger partial charge is 0.192 e. The molecular formula is C24H40O4Si. The topological polar surface area (TPSA) is 44.8 Å². The number of benzene rings is 1. The molecule has 0 radical (unpaired) electrons. The monoisotopic (exact) mass is 420 g/mol. The number of hydrogen-bond acceptors (Lipinski definition) is 4. The molecule has 1 aromatic rings. The van der Waals surface area contributed by atoms with Gasteiger partial charge in [-0.05, 0) is 54.2 Å². The number of methoxy groups -OCH3 is 1. The Hall–Kier alpha value is -1.43. The predicted octanol–water partition coefficient (Wildman–Crippen LogP) is 6.02. The SMILES string of the molecule is COc1ccc(COC[C@@H](C)/C=C(\C)[C@H](O[Si](C)(C)C(C)(C)C)[C@@H](C)C=O)cc1. The lowest BCUT2D eigenvalue weighted by Crippen LogP contribution is -2.46. The summed E-state index contributed by atoms with van der Waals surface area (Å²) < 4.78 is 17.7. The minimum absolute atomic E-state index is 0.0984. The summed E-state index contributed by atoms with van der Waals surface area (Å²) in [6, 6.07) is 7.91. The molecule has 3 atom stereocenters. The van der Waals surface area contributed by atoms with Crippen LogP contribution in [0.5, 0.6) is 5.75 Å². The van der Waals surface area contributed by atoms with Crippen molar-refractivity contribution in [2.45, 2.75) is 72.4 Å². The quantitative estimate of drug-likeness (QED) is 0.249. The molecule has 0 unspecified atom stereocenters. The third-order valence-electron chi connectivity index (χ3n) is 5.72. The summed E-state index contributed by atoms with van der Waals surface area (Å²) in [6.07, 6.45) is 3.00. The molecule has 4 nitrogen and oxygen atoms in total. The zero-order valence-electron chi connectivity index (χ0n) is 19.7. The Labute approximate surface area is 178 Å². The average molecular weight is 421 g/mol. The Bertz CT molecular complexity index is 658. The van der Waals surface area contributed by atoms with Gasteiger partial charge in [0.05, 0.1) is 26.4 Å². The maximum atomic E-state index is 11.5. The van der Waals surface area contributed by atoms with Crippen molar-refractivity contribution in [3.05, 3.63) is 41.5 Å². The van der Waals surface area contributed by atoms with Gasteiger partial charge in [0.1, 0.15) is 12.0 Å². The summed E-state index contributed by atoms with van der Waals surface area (Å²) >= 11 is 0. The fraction of sp³-hybridized carbons (Fsp3) is 0.625. The molecule has 1 rings (SSSR count). The second kappa shape index (κ2) is 11.1. The molecule has 164 valence electrons. The molecule has 0 saturated heterocycles. The van der Waals surface area contributed by atoms with Crippen molar-refractivity contribution in [2.24, 2.45) is 11.8 Å².